The molecule has 1 rings (SSSR count). The zero-order valence-corrected chi connectivity index (χ0v) is 12.4. The summed E-state index contributed by atoms with van der Waals surface area (Å²) >= 11 is 8.16. The van der Waals surface area contributed by atoms with E-state index in [9.17, 15) is 0 Å². The second-order valence-electron chi connectivity index (χ2n) is 3.20. The Morgan fingerprint density at radius 3 is 2.56 bits per heavy atom. The lowest BCUT2D eigenvalue weighted by atomic mass is 10.2. The first-order chi connectivity index (χ1) is 7.63. The van der Waals surface area contributed by atoms with Crippen molar-refractivity contribution in [1.29, 1.82) is 0 Å². The maximum atomic E-state index is 6.04. The van der Waals surface area contributed by atoms with Gasteiger partial charge >= 0.3 is 0 Å². The summed E-state index contributed by atoms with van der Waals surface area (Å²) in [7, 11) is 3.26. The van der Waals surface area contributed by atoms with Crippen molar-refractivity contribution in [1.82, 2.24) is 9.97 Å². The quantitative estimate of drug-likeness (QED) is 0.601. The van der Waals surface area contributed by atoms with E-state index in [-0.39, 0.29) is 6.10 Å². The number of nitrogens with zero attached hydrogens (tertiary/aromatic N) is 2. The van der Waals surface area contributed by atoms with Gasteiger partial charge in [0.1, 0.15) is 11.3 Å². The molecule has 1 heterocycles. The zero-order chi connectivity index (χ0) is 12.1. The fraction of sp³-hybridized carbons (Fsp3) is 0.600. The number of aromatic nitrogens is 2. The van der Waals surface area contributed by atoms with Gasteiger partial charge in [0.15, 0.2) is 5.82 Å². The number of ether oxygens (including phenoxy) is 2. The summed E-state index contributed by atoms with van der Waals surface area (Å²) in [6.07, 6.45) is 0.685. The van der Waals surface area contributed by atoms with E-state index >= 15 is 0 Å². The van der Waals surface area contributed by atoms with E-state index in [0.29, 0.717) is 17.6 Å². The molecule has 4 nitrogen and oxygen atoms in total. The predicted octanol–water partition coefficient (Wildman–Crippen LogP) is 2.98. The van der Waals surface area contributed by atoms with Crippen LogP contribution in [-0.4, -0.2) is 24.2 Å². The van der Waals surface area contributed by atoms with Crippen LogP contribution in [0.5, 0.6) is 0 Å². The summed E-state index contributed by atoms with van der Waals surface area (Å²) in [6, 6.07) is 0. The number of rotatable bonds is 5. The Hall–Kier alpha value is 0.0200. The van der Waals surface area contributed by atoms with Crippen LogP contribution >= 0.6 is 34.2 Å². The van der Waals surface area contributed by atoms with Crippen molar-refractivity contribution in [3.8, 4) is 0 Å². The molecule has 16 heavy (non-hydrogen) atoms. The standard InChI is InChI=1S/C10H14ClIN2O2/c1-4-7(16-3)10-13-6(5-15-2)8(12)9(11)14-10/h7H,4-5H2,1-3H3. The molecule has 0 N–H and O–H groups in total. The minimum absolute atomic E-state index is 0.120. The van der Waals surface area contributed by atoms with Gasteiger partial charge in [0.25, 0.3) is 0 Å². The average Bonchev–Trinajstić information content (AvgIpc) is 2.27. The van der Waals surface area contributed by atoms with Gasteiger partial charge in [-0.1, -0.05) is 18.5 Å². The third kappa shape index (κ3) is 3.26. The van der Waals surface area contributed by atoms with Crippen LogP contribution in [0, 0.1) is 3.57 Å². The second-order valence-corrected chi connectivity index (χ2v) is 4.64. The van der Waals surface area contributed by atoms with Crippen LogP contribution in [0.25, 0.3) is 0 Å². The number of halogens is 2. The Labute approximate surface area is 114 Å². The van der Waals surface area contributed by atoms with E-state index in [4.69, 9.17) is 21.1 Å². The second kappa shape index (κ2) is 6.68. The minimum Gasteiger partial charge on any atom is -0.378 e. The largest absolute Gasteiger partial charge is 0.378 e. The lowest BCUT2D eigenvalue weighted by Gasteiger charge is -2.14. The molecule has 0 fully saturated rings. The van der Waals surface area contributed by atoms with Crippen molar-refractivity contribution in [3.05, 3.63) is 20.2 Å². The van der Waals surface area contributed by atoms with Gasteiger partial charge in [0, 0.05) is 14.2 Å². The van der Waals surface area contributed by atoms with E-state index in [1.54, 1.807) is 14.2 Å². The van der Waals surface area contributed by atoms with E-state index in [1.807, 2.05) is 6.92 Å². The Morgan fingerprint density at radius 1 is 1.38 bits per heavy atom. The molecule has 1 unspecified atom stereocenters. The molecule has 0 aromatic carbocycles. The minimum atomic E-state index is -0.120. The van der Waals surface area contributed by atoms with Crippen molar-refractivity contribution in [2.24, 2.45) is 0 Å². The van der Waals surface area contributed by atoms with Gasteiger partial charge in [-0.2, -0.15) is 0 Å². The summed E-state index contributed by atoms with van der Waals surface area (Å²) in [6.45, 7) is 2.44. The Morgan fingerprint density at radius 2 is 2.06 bits per heavy atom. The first-order valence-corrected chi connectivity index (χ1v) is 6.33. The lowest BCUT2D eigenvalue weighted by molar-refractivity contribution is 0.0916. The van der Waals surface area contributed by atoms with Crippen molar-refractivity contribution >= 4 is 34.2 Å². The molecular weight excluding hydrogens is 342 g/mol. The average molecular weight is 357 g/mol. The van der Waals surface area contributed by atoms with Crippen molar-refractivity contribution in [3.63, 3.8) is 0 Å². The fourth-order valence-corrected chi connectivity index (χ4v) is 1.90. The van der Waals surface area contributed by atoms with Crippen LogP contribution < -0.4 is 0 Å². The monoisotopic (exact) mass is 356 g/mol. The molecule has 1 atom stereocenters. The van der Waals surface area contributed by atoms with Gasteiger partial charge in [0.2, 0.25) is 0 Å². The lowest BCUT2D eigenvalue weighted by Crippen LogP contribution is -2.10. The first-order valence-electron chi connectivity index (χ1n) is 4.87. The molecule has 0 spiro atoms. The van der Waals surface area contributed by atoms with Crippen LogP contribution in [0.1, 0.15) is 31.0 Å². The maximum Gasteiger partial charge on any atom is 0.159 e. The van der Waals surface area contributed by atoms with Gasteiger partial charge in [-0.25, -0.2) is 9.97 Å². The van der Waals surface area contributed by atoms with Crippen molar-refractivity contribution < 1.29 is 9.47 Å². The normalized spacial score (nSPS) is 12.8. The summed E-state index contributed by atoms with van der Waals surface area (Å²) in [5, 5.41) is 0.452. The highest BCUT2D eigenvalue weighted by Gasteiger charge is 2.16. The van der Waals surface area contributed by atoms with E-state index in [1.165, 1.54) is 0 Å². The number of hydrogen-bond acceptors (Lipinski definition) is 4. The number of methoxy groups -OCH3 is 2. The molecule has 0 bridgehead atoms. The first kappa shape index (κ1) is 14.1. The molecule has 0 saturated carbocycles. The molecule has 1 aromatic rings. The van der Waals surface area contributed by atoms with Gasteiger partial charge < -0.3 is 9.47 Å². The predicted molar refractivity (Wildman–Crippen MR) is 70.5 cm³/mol. The van der Waals surface area contributed by atoms with E-state index in [0.717, 1.165) is 15.7 Å². The SMILES string of the molecule is CCC(OC)c1nc(Cl)c(I)c(COC)n1. The van der Waals surface area contributed by atoms with Gasteiger partial charge in [-0.05, 0) is 29.0 Å². The van der Waals surface area contributed by atoms with Crippen LogP contribution in [-0.2, 0) is 16.1 Å². The summed E-state index contributed by atoms with van der Waals surface area (Å²) in [5.41, 5.74) is 0.800. The molecule has 0 aliphatic heterocycles. The summed E-state index contributed by atoms with van der Waals surface area (Å²) in [5.74, 6) is 0.613. The third-order valence-corrected chi connectivity index (χ3v) is 3.85. The van der Waals surface area contributed by atoms with Gasteiger partial charge in [-0.15, -0.1) is 0 Å². The maximum absolute atomic E-state index is 6.04. The Bertz CT molecular complexity index is 359. The molecule has 0 amide bonds. The molecular formula is C10H14ClIN2O2. The highest BCUT2D eigenvalue weighted by atomic mass is 127. The van der Waals surface area contributed by atoms with Crippen LogP contribution in [0.2, 0.25) is 5.15 Å². The van der Waals surface area contributed by atoms with Crippen LogP contribution in [0.4, 0.5) is 0 Å². The topological polar surface area (TPSA) is 44.2 Å². The molecule has 1 aromatic heterocycles. The van der Waals surface area contributed by atoms with Crippen molar-refractivity contribution in [2.45, 2.75) is 26.1 Å². The van der Waals surface area contributed by atoms with E-state index < -0.39 is 0 Å². The molecule has 0 saturated heterocycles. The smallest absolute Gasteiger partial charge is 0.159 e. The highest BCUT2D eigenvalue weighted by Crippen LogP contribution is 2.24. The van der Waals surface area contributed by atoms with Crippen LogP contribution in [0.15, 0.2) is 0 Å². The van der Waals surface area contributed by atoms with E-state index in [2.05, 4.69) is 32.6 Å². The van der Waals surface area contributed by atoms with Crippen LogP contribution in [0.3, 0.4) is 0 Å². The highest BCUT2D eigenvalue weighted by molar-refractivity contribution is 14.1. The molecule has 0 aliphatic carbocycles. The Balaban J connectivity index is 3.12. The summed E-state index contributed by atoms with van der Waals surface area (Å²) in [4.78, 5) is 8.64. The third-order valence-electron chi connectivity index (χ3n) is 2.12. The molecule has 0 aliphatic rings. The molecule has 6 heteroatoms. The fourth-order valence-electron chi connectivity index (χ4n) is 1.31. The zero-order valence-electron chi connectivity index (χ0n) is 9.46. The molecule has 0 radical (unpaired) electrons. The van der Waals surface area contributed by atoms with Gasteiger partial charge in [-0.3, -0.25) is 0 Å². The van der Waals surface area contributed by atoms with Gasteiger partial charge in [0.05, 0.1) is 15.9 Å². The Kier molecular flexibility index (Phi) is 5.88. The summed E-state index contributed by atoms with van der Waals surface area (Å²) < 4.78 is 11.2. The molecule has 90 valence electrons. The number of hydrogen-bond donors (Lipinski definition) is 0. The van der Waals surface area contributed by atoms with Crippen molar-refractivity contribution in [2.75, 3.05) is 14.2 Å².